The van der Waals surface area contributed by atoms with Crippen LogP contribution in [0.4, 0.5) is 0 Å². The van der Waals surface area contributed by atoms with E-state index in [2.05, 4.69) is 10.6 Å². The smallest absolute Gasteiger partial charge is 0.229 e. The third kappa shape index (κ3) is 3.51. The summed E-state index contributed by atoms with van der Waals surface area (Å²) >= 11 is 0. The Labute approximate surface area is 90.3 Å². The maximum absolute atomic E-state index is 11.6. The Kier molecular flexibility index (Phi) is 4.55. The number of guanidine groups is 1. The predicted octanol–water partition coefficient (Wildman–Crippen LogP) is 0.0219. The molecule has 1 aliphatic carbocycles. The van der Waals surface area contributed by atoms with Gasteiger partial charge in [0.05, 0.1) is 0 Å². The molecule has 5 nitrogen and oxygen atoms in total. The summed E-state index contributed by atoms with van der Waals surface area (Å²) in [6.07, 6.45) is 3.85. The third-order valence-electron chi connectivity index (χ3n) is 3.05. The van der Waals surface area contributed by atoms with E-state index in [9.17, 15) is 4.79 Å². The van der Waals surface area contributed by atoms with Crippen molar-refractivity contribution in [2.45, 2.75) is 25.7 Å². The number of nitrogens with two attached hydrogens (primary N) is 1. The van der Waals surface area contributed by atoms with Crippen LogP contribution in [-0.2, 0) is 4.79 Å². The van der Waals surface area contributed by atoms with Crippen molar-refractivity contribution in [2.24, 2.45) is 17.6 Å². The quantitative estimate of drug-likeness (QED) is 0.384. The summed E-state index contributed by atoms with van der Waals surface area (Å²) in [5.41, 5.74) is 5.58. The van der Waals surface area contributed by atoms with Gasteiger partial charge in [0.2, 0.25) is 5.91 Å². The van der Waals surface area contributed by atoms with Crippen molar-refractivity contribution >= 4 is 11.9 Å². The van der Waals surface area contributed by atoms with Gasteiger partial charge >= 0.3 is 0 Å². The highest BCUT2D eigenvalue weighted by Gasteiger charge is 2.25. The Hall–Kier alpha value is -1.10. The van der Waals surface area contributed by atoms with Crippen molar-refractivity contribution in [1.82, 2.24) is 10.6 Å². The fraction of sp³-hybridized carbons (Fsp3) is 0.800. The van der Waals surface area contributed by atoms with Crippen LogP contribution >= 0.6 is 0 Å². The average molecular weight is 212 g/mol. The van der Waals surface area contributed by atoms with Crippen LogP contribution in [0.1, 0.15) is 25.7 Å². The monoisotopic (exact) mass is 212 g/mol. The average Bonchev–Trinajstić information content (AvgIpc) is 2.29. The molecule has 15 heavy (non-hydrogen) atoms. The summed E-state index contributed by atoms with van der Waals surface area (Å²) < 4.78 is 0. The normalized spacial score (nSPS) is 25.7. The van der Waals surface area contributed by atoms with E-state index < -0.39 is 0 Å². The number of rotatable bonds is 2. The van der Waals surface area contributed by atoms with E-state index in [0.29, 0.717) is 5.92 Å². The molecule has 0 aromatic carbocycles. The van der Waals surface area contributed by atoms with Crippen molar-refractivity contribution in [2.75, 3.05) is 13.6 Å². The molecule has 0 aromatic heterocycles. The van der Waals surface area contributed by atoms with Crippen molar-refractivity contribution in [3.8, 4) is 0 Å². The minimum atomic E-state index is -0.0372. The van der Waals surface area contributed by atoms with Crippen LogP contribution in [-0.4, -0.2) is 25.5 Å². The van der Waals surface area contributed by atoms with Crippen LogP contribution in [0.15, 0.2) is 0 Å². The summed E-state index contributed by atoms with van der Waals surface area (Å²) in [5.74, 6) is 0.671. The predicted molar refractivity (Wildman–Crippen MR) is 59.4 cm³/mol. The molecule has 5 N–H and O–H groups in total. The van der Waals surface area contributed by atoms with Gasteiger partial charge in [-0.3, -0.25) is 15.5 Å². The van der Waals surface area contributed by atoms with Crippen molar-refractivity contribution in [3.63, 3.8) is 0 Å². The summed E-state index contributed by atoms with van der Waals surface area (Å²) in [5, 5.41) is 12.4. The molecule has 1 aliphatic rings. The van der Waals surface area contributed by atoms with Gasteiger partial charge in [0.25, 0.3) is 0 Å². The van der Waals surface area contributed by atoms with E-state index in [1.165, 1.54) is 0 Å². The highest BCUT2D eigenvalue weighted by atomic mass is 16.2. The summed E-state index contributed by atoms with van der Waals surface area (Å²) in [4.78, 5) is 11.6. The fourth-order valence-corrected chi connectivity index (χ4v) is 1.95. The van der Waals surface area contributed by atoms with E-state index in [1.807, 2.05) is 0 Å². The molecular formula is C10H20N4O. The first-order valence-corrected chi connectivity index (χ1v) is 5.44. The van der Waals surface area contributed by atoms with Crippen LogP contribution < -0.4 is 16.4 Å². The molecule has 1 rings (SSSR count). The van der Waals surface area contributed by atoms with Crippen LogP contribution in [0.5, 0.6) is 0 Å². The molecule has 86 valence electrons. The number of carbonyl (C=O) groups is 1. The zero-order valence-corrected chi connectivity index (χ0v) is 9.18. The molecule has 0 unspecified atom stereocenters. The minimum absolute atomic E-state index is 0.0372. The molecule has 1 saturated carbocycles. The standard InChI is InChI=1S/C10H20N4O/c1-13-10(12)14-9(15)8-4-2-7(6-11)3-5-8/h7-8H,2-6,11H2,1H3,(H3,12,13,14,15). The first-order valence-electron chi connectivity index (χ1n) is 5.44. The largest absolute Gasteiger partial charge is 0.359 e. The van der Waals surface area contributed by atoms with E-state index in [-0.39, 0.29) is 17.8 Å². The Balaban J connectivity index is 2.33. The third-order valence-corrected chi connectivity index (χ3v) is 3.05. The summed E-state index contributed by atoms with van der Waals surface area (Å²) in [7, 11) is 1.62. The van der Waals surface area contributed by atoms with Crippen molar-refractivity contribution in [3.05, 3.63) is 0 Å². The van der Waals surface area contributed by atoms with Gasteiger partial charge in [0, 0.05) is 13.0 Å². The lowest BCUT2D eigenvalue weighted by Crippen LogP contribution is -2.42. The number of nitrogens with one attached hydrogen (secondary N) is 3. The van der Waals surface area contributed by atoms with Gasteiger partial charge in [-0.15, -0.1) is 0 Å². The van der Waals surface area contributed by atoms with E-state index in [1.54, 1.807) is 7.05 Å². The van der Waals surface area contributed by atoms with Crippen molar-refractivity contribution < 1.29 is 4.79 Å². The van der Waals surface area contributed by atoms with Gasteiger partial charge in [0.15, 0.2) is 5.96 Å². The first-order chi connectivity index (χ1) is 7.17. The molecule has 0 spiro atoms. The maximum Gasteiger partial charge on any atom is 0.229 e. The molecule has 0 radical (unpaired) electrons. The molecule has 0 aliphatic heterocycles. The Morgan fingerprint density at radius 1 is 1.40 bits per heavy atom. The molecule has 1 fully saturated rings. The highest BCUT2D eigenvalue weighted by Crippen LogP contribution is 2.27. The second-order valence-corrected chi connectivity index (χ2v) is 4.07. The number of hydrogen-bond donors (Lipinski definition) is 4. The summed E-state index contributed by atoms with van der Waals surface area (Å²) in [6, 6.07) is 0. The van der Waals surface area contributed by atoms with E-state index in [0.717, 1.165) is 32.2 Å². The molecule has 0 atom stereocenters. The van der Waals surface area contributed by atoms with Crippen LogP contribution in [0.25, 0.3) is 0 Å². The van der Waals surface area contributed by atoms with Crippen LogP contribution in [0.3, 0.4) is 0 Å². The first kappa shape index (κ1) is 12.0. The van der Waals surface area contributed by atoms with Gasteiger partial charge in [0.1, 0.15) is 0 Å². The second-order valence-electron chi connectivity index (χ2n) is 4.07. The lowest BCUT2D eigenvalue weighted by atomic mass is 9.81. The minimum Gasteiger partial charge on any atom is -0.359 e. The maximum atomic E-state index is 11.6. The number of amides is 1. The number of carbonyl (C=O) groups excluding carboxylic acids is 1. The lowest BCUT2D eigenvalue weighted by Gasteiger charge is -2.26. The zero-order chi connectivity index (χ0) is 11.3. The van der Waals surface area contributed by atoms with Gasteiger partial charge in [-0.05, 0) is 38.1 Å². The molecule has 0 bridgehead atoms. The zero-order valence-electron chi connectivity index (χ0n) is 9.18. The van der Waals surface area contributed by atoms with Gasteiger partial charge in [-0.25, -0.2) is 0 Å². The van der Waals surface area contributed by atoms with Crippen LogP contribution in [0.2, 0.25) is 0 Å². The van der Waals surface area contributed by atoms with Gasteiger partial charge in [-0.2, -0.15) is 0 Å². The van der Waals surface area contributed by atoms with Gasteiger partial charge in [-0.1, -0.05) is 0 Å². The Morgan fingerprint density at radius 2 is 2.00 bits per heavy atom. The molecular weight excluding hydrogens is 192 g/mol. The van der Waals surface area contributed by atoms with Crippen LogP contribution in [0, 0.1) is 17.2 Å². The van der Waals surface area contributed by atoms with Gasteiger partial charge < -0.3 is 11.1 Å². The lowest BCUT2D eigenvalue weighted by molar-refractivity contribution is -0.124. The Morgan fingerprint density at radius 3 is 2.47 bits per heavy atom. The van der Waals surface area contributed by atoms with E-state index in [4.69, 9.17) is 11.1 Å². The fourth-order valence-electron chi connectivity index (χ4n) is 1.95. The highest BCUT2D eigenvalue weighted by molar-refractivity contribution is 5.96. The SMILES string of the molecule is CNC(=N)NC(=O)C1CCC(CN)CC1. The molecule has 1 amide bonds. The molecule has 0 heterocycles. The number of hydrogen-bond acceptors (Lipinski definition) is 3. The second kappa shape index (κ2) is 5.70. The molecule has 5 heteroatoms. The molecule has 0 saturated heterocycles. The molecule has 0 aromatic rings. The van der Waals surface area contributed by atoms with E-state index >= 15 is 0 Å². The summed E-state index contributed by atoms with van der Waals surface area (Å²) in [6.45, 7) is 0.723. The topological polar surface area (TPSA) is 91.0 Å². The van der Waals surface area contributed by atoms with Crippen molar-refractivity contribution in [1.29, 1.82) is 5.41 Å². The Bertz CT molecular complexity index is 234.